The van der Waals surface area contributed by atoms with Crippen LogP contribution in [0.15, 0.2) is 0 Å². The van der Waals surface area contributed by atoms with Gasteiger partial charge in [-0.3, -0.25) is 9.59 Å². The van der Waals surface area contributed by atoms with Crippen molar-refractivity contribution in [1.29, 1.82) is 0 Å². The van der Waals surface area contributed by atoms with Crippen molar-refractivity contribution >= 4 is 11.8 Å². The summed E-state index contributed by atoms with van der Waals surface area (Å²) >= 11 is 0. The first kappa shape index (κ1) is 16.0. The fourth-order valence-electron chi connectivity index (χ4n) is 2.08. The molecule has 1 saturated heterocycles. The van der Waals surface area contributed by atoms with Gasteiger partial charge in [-0.15, -0.1) is 0 Å². The van der Waals surface area contributed by atoms with E-state index in [2.05, 4.69) is 5.32 Å². The largest absolute Gasteiger partial charge is 0.366 e. The van der Waals surface area contributed by atoms with Crippen LogP contribution in [0.25, 0.3) is 0 Å². The van der Waals surface area contributed by atoms with Crippen molar-refractivity contribution in [3.63, 3.8) is 0 Å². The van der Waals surface area contributed by atoms with Crippen LogP contribution in [-0.2, 0) is 14.3 Å². The van der Waals surface area contributed by atoms with Crippen LogP contribution in [0.3, 0.4) is 0 Å². The van der Waals surface area contributed by atoms with Gasteiger partial charge in [0.2, 0.25) is 11.8 Å². The standard InChI is InChI=1S/C14H26N2O3/c1-5-15-13(18)11-6-8-16(9-7-11)12(17)10-19-14(2,3)4/h11H,5-10H2,1-4H3,(H,15,18). The molecule has 0 aliphatic carbocycles. The van der Waals surface area contributed by atoms with E-state index in [-0.39, 0.29) is 29.9 Å². The van der Waals surface area contributed by atoms with Gasteiger partial charge in [0.1, 0.15) is 6.61 Å². The van der Waals surface area contributed by atoms with Crippen molar-refractivity contribution in [2.24, 2.45) is 5.92 Å². The molecular formula is C14H26N2O3. The van der Waals surface area contributed by atoms with E-state index in [1.54, 1.807) is 4.90 Å². The molecule has 0 unspecified atom stereocenters. The number of carbonyl (C=O) groups excluding carboxylic acids is 2. The molecule has 1 N–H and O–H groups in total. The van der Waals surface area contributed by atoms with Gasteiger partial charge in [0.05, 0.1) is 5.60 Å². The Balaban J connectivity index is 2.33. The molecule has 1 aliphatic rings. The maximum atomic E-state index is 11.9. The fraction of sp³-hybridized carbons (Fsp3) is 0.857. The first-order chi connectivity index (χ1) is 8.83. The lowest BCUT2D eigenvalue weighted by Crippen LogP contribution is -2.44. The molecule has 2 amide bonds. The van der Waals surface area contributed by atoms with E-state index in [1.165, 1.54) is 0 Å². The molecule has 5 heteroatoms. The Morgan fingerprint density at radius 1 is 1.26 bits per heavy atom. The van der Waals surface area contributed by atoms with E-state index in [0.29, 0.717) is 19.6 Å². The maximum Gasteiger partial charge on any atom is 0.248 e. The number of likely N-dealkylation sites (tertiary alicyclic amines) is 1. The first-order valence-electron chi connectivity index (χ1n) is 7.03. The minimum atomic E-state index is -0.297. The maximum absolute atomic E-state index is 11.9. The Kier molecular flexibility index (Phi) is 5.79. The van der Waals surface area contributed by atoms with Crippen molar-refractivity contribution in [3.05, 3.63) is 0 Å². The number of rotatable bonds is 4. The summed E-state index contributed by atoms with van der Waals surface area (Å²) in [5.41, 5.74) is -0.297. The summed E-state index contributed by atoms with van der Waals surface area (Å²) in [7, 11) is 0. The normalized spacial score (nSPS) is 17.4. The molecule has 1 aliphatic heterocycles. The Bertz CT molecular complexity index is 315. The molecular weight excluding hydrogens is 244 g/mol. The third-order valence-electron chi connectivity index (χ3n) is 3.20. The van der Waals surface area contributed by atoms with Crippen molar-refractivity contribution in [2.75, 3.05) is 26.2 Å². The van der Waals surface area contributed by atoms with E-state index in [1.807, 2.05) is 27.7 Å². The number of nitrogens with zero attached hydrogens (tertiary/aromatic N) is 1. The predicted octanol–water partition coefficient (Wildman–Crippen LogP) is 1.18. The predicted molar refractivity (Wildman–Crippen MR) is 73.7 cm³/mol. The lowest BCUT2D eigenvalue weighted by Gasteiger charge is -2.32. The van der Waals surface area contributed by atoms with Gasteiger partial charge in [-0.25, -0.2) is 0 Å². The molecule has 0 spiro atoms. The minimum Gasteiger partial charge on any atom is -0.366 e. The molecule has 0 aromatic rings. The molecule has 0 aromatic heterocycles. The second kappa shape index (κ2) is 6.89. The van der Waals surface area contributed by atoms with Crippen LogP contribution in [0.5, 0.6) is 0 Å². The third kappa shape index (κ3) is 5.59. The number of nitrogens with one attached hydrogen (secondary N) is 1. The van der Waals surface area contributed by atoms with E-state index in [0.717, 1.165) is 12.8 Å². The first-order valence-corrected chi connectivity index (χ1v) is 7.03. The van der Waals surface area contributed by atoms with Crippen molar-refractivity contribution < 1.29 is 14.3 Å². The quantitative estimate of drug-likeness (QED) is 0.834. The summed E-state index contributed by atoms with van der Waals surface area (Å²) in [5.74, 6) is 0.178. The van der Waals surface area contributed by atoms with Crippen LogP contribution in [-0.4, -0.2) is 48.6 Å². The van der Waals surface area contributed by atoms with Gasteiger partial charge in [-0.2, -0.15) is 0 Å². The van der Waals surface area contributed by atoms with Crippen LogP contribution in [0.4, 0.5) is 0 Å². The summed E-state index contributed by atoms with van der Waals surface area (Å²) in [6.07, 6.45) is 1.49. The molecule has 1 heterocycles. The fourth-order valence-corrected chi connectivity index (χ4v) is 2.08. The number of hydrogen-bond donors (Lipinski definition) is 1. The van der Waals surface area contributed by atoms with E-state index in [9.17, 15) is 9.59 Å². The summed E-state index contributed by atoms with van der Waals surface area (Å²) in [5, 5.41) is 2.84. The Morgan fingerprint density at radius 3 is 2.32 bits per heavy atom. The number of hydrogen-bond acceptors (Lipinski definition) is 3. The van der Waals surface area contributed by atoms with Crippen molar-refractivity contribution in [1.82, 2.24) is 10.2 Å². The highest BCUT2D eigenvalue weighted by Gasteiger charge is 2.27. The van der Waals surface area contributed by atoms with Gasteiger partial charge in [0, 0.05) is 25.6 Å². The summed E-state index contributed by atoms with van der Waals surface area (Å²) in [4.78, 5) is 25.4. The van der Waals surface area contributed by atoms with E-state index < -0.39 is 0 Å². The topological polar surface area (TPSA) is 58.6 Å². The minimum absolute atomic E-state index is 0.0178. The Hall–Kier alpha value is -1.10. The summed E-state index contributed by atoms with van der Waals surface area (Å²) in [6.45, 7) is 9.79. The molecule has 1 fully saturated rings. The van der Waals surface area contributed by atoms with Gasteiger partial charge >= 0.3 is 0 Å². The second-order valence-corrected chi connectivity index (χ2v) is 5.95. The number of piperidine rings is 1. The van der Waals surface area contributed by atoms with Crippen LogP contribution in [0.1, 0.15) is 40.5 Å². The molecule has 1 rings (SSSR count). The van der Waals surface area contributed by atoms with Crippen LogP contribution in [0, 0.1) is 5.92 Å². The molecule has 0 bridgehead atoms. The second-order valence-electron chi connectivity index (χ2n) is 5.95. The van der Waals surface area contributed by atoms with Crippen LogP contribution in [0.2, 0.25) is 0 Å². The summed E-state index contributed by atoms with van der Waals surface area (Å²) < 4.78 is 5.49. The summed E-state index contributed by atoms with van der Waals surface area (Å²) in [6, 6.07) is 0. The molecule has 19 heavy (non-hydrogen) atoms. The zero-order valence-corrected chi connectivity index (χ0v) is 12.5. The highest BCUT2D eigenvalue weighted by atomic mass is 16.5. The van der Waals surface area contributed by atoms with Gasteiger partial charge in [-0.1, -0.05) is 0 Å². The molecule has 0 saturated carbocycles. The Morgan fingerprint density at radius 2 is 1.84 bits per heavy atom. The molecule has 0 aromatic carbocycles. The van der Waals surface area contributed by atoms with E-state index >= 15 is 0 Å². The van der Waals surface area contributed by atoms with Crippen molar-refractivity contribution in [3.8, 4) is 0 Å². The average molecular weight is 270 g/mol. The monoisotopic (exact) mass is 270 g/mol. The van der Waals surface area contributed by atoms with Crippen molar-refractivity contribution in [2.45, 2.75) is 46.1 Å². The highest BCUT2D eigenvalue weighted by molar-refractivity contribution is 5.80. The lowest BCUT2D eigenvalue weighted by molar-refractivity contribution is -0.143. The Labute approximate surface area is 115 Å². The SMILES string of the molecule is CCNC(=O)C1CCN(C(=O)COC(C)(C)C)CC1. The number of carbonyl (C=O) groups is 2. The average Bonchev–Trinajstić information content (AvgIpc) is 2.35. The van der Waals surface area contributed by atoms with Gasteiger partial charge in [0.15, 0.2) is 0 Å². The highest BCUT2D eigenvalue weighted by Crippen LogP contribution is 2.18. The number of amides is 2. The van der Waals surface area contributed by atoms with Crippen LogP contribution < -0.4 is 5.32 Å². The third-order valence-corrected chi connectivity index (χ3v) is 3.20. The van der Waals surface area contributed by atoms with Gasteiger partial charge < -0.3 is 15.0 Å². The zero-order valence-electron chi connectivity index (χ0n) is 12.5. The molecule has 0 radical (unpaired) electrons. The molecule has 0 atom stereocenters. The van der Waals surface area contributed by atoms with Gasteiger partial charge in [0.25, 0.3) is 0 Å². The lowest BCUT2D eigenvalue weighted by atomic mass is 9.96. The van der Waals surface area contributed by atoms with Gasteiger partial charge in [-0.05, 0) is 40.5 Å². The zero-order chi connectivity index (χ0) is 14.5. The smallest absolute Gasteiger partial charge is 0.248 e. The molecule has 5 nitrogen and oxygen atoms in total. The number of ether oxygens (including phenoxy) is 1. The molecule has 110 valence electrons. The van der Waals surface area contributed by atoms with E-state index in [4.69, 9.17) is 4.74 Å². The van der Waals surface area contributed by atoms with Crippen LogP contribution >= 0.6 is 0 Å².